The maximum absolute atomic E-state index is 12.1. The van der Waals surface area contributed by atoms with Crippen molar-refractivity contribution in [1.29, 1.82) is 0 Å². The Bertz CT molecular complexity index is 485. The monoisotopic (exact) mass is 279 g/mol. The van der Waals surface area contributed by atoms with Gasteiger partial charge in [0.15, 0.2) is 0 Å². The Morgan fingerprint density at radius 1 is 1.53 bits per heavy atom. The van der Waals surface area contributed by atoms with Crippen LogP contribution < -0.4 is 5.32 Å². The van der Waals surface area contributed by atoms with Crippen LogP contribution in [0.15, 0.2) is 0 Å². The Morgan fingerprint density at radius 3 is 3.16 bits per heavy atom. The van der Waals surface area contributed by atoms with Gasteiger partial charge < -0.3 is 10.2 Å². The Morgan fingerprint density at radius 2 is 2.37 bits per heavy atom. The van der Waals surface area contributed by atoms with Crippen LogP contribution in [0.1, 0.15) is 41.8 Å². The summed E-state index contributed by atoms with van der Waals surface area (Å²) in [6.07, 6.45) is 3.94. The number of likely N-dealkylation sites (tertiary alicyclic amines) is 1. The van der Waals surface area contributed by atoms with Crippen LogP contribution in [0, 0.1) is 6.92 Å². The van der Waals surface area contributed by atoms with E-state index in [4.69, 9.17) is 0 Å². The zero-order valence-corrected chi connectivity index (χ0v) is 12.4. The first-order valence-electron chi connectivity index (χ1n) is 7.17. The van der Waals surface area contributed by atoms with Crippen molar-refractivity contribution in [3.8, 4) is 0 Å². The fourth-order valence-electron chi connectivity index (χ4n) is 3.14. The minimum absolute atomic E-state index is 0.298. The molecule has 3 heterocycles. The summed E-state index contributed by atoms with van der Waals surface area (Å²) in [4.78, 5) is 20.1. The highest BCUT2D eigenvalue weighted by molar-refractivity contribution is 7.11. The van der Waals surface area contributed by atoms with Crippen molar-refractivity contribution in [3.63, 3.8) is 0 Å². The maximum Gasteiger partial charge on any atom is 0.224 e. The Labute approximate surface area is 118 Å². The molecule has 19 heavy (non-hydrogen) atoms. The minimum Gasteiger partial charge on any atom is -0.333 e. The van der Waals surface area contributed by atoms with Gasteiger partial charge in [0.05, 0.1) is 17.2 Å². The molecule has 0 aromatic carbocycles. The first-order valence-corrected chi connectivity index (χ1v) is 7.98. The molecule has 5 heteroatoms. The smallest absolute Gasteiger partial charge is 0.224 e. The molecule has 2 aliphatic heterocycles. The van der Waals surface area contributed by atoms with Crippen LogP contribution in [-0.4, -0.2) is 34.4 Å². The van der Waals surface area contributed by atoms with Crippen molar-refractivity contribution in [2.45, 2.75) is 58.2 Å². The van der Waals surface area contributed by atoms with Gasteiger partial charge in [-0.2, -0.15) is 0 Å². The lowest BCUT2D eigenvalue weighted by atomic mass is 10.1. The molecule has 0 spiro atoms. The summed E-state index contributed by atoms with van der Waals surface area (Å²) in [6, 6.07) is 0.791. The van der Waals surface area contributed by atoms with Crippen LogP contribution in [0.3, 0.4) is 0 Å². The predicted molar refractivity (Wildman–Crippen MR) is 76.2 cm³/mol. The van der Waals surface area contributed by atoms with Gasteiger partial charge in [-0.05, 0) is 32.7 Å². The summed E-state index contributed by atoms with van der Waals surface area (Å²) in [5, 5.41) is 4.64. The van der Waals surface area contributed by atoms with Gasteiger partial charge in [-0.1, -0.05) is 6.92 Å². The number of aromatic nitrogens is 1. The first-order chi connectivity index (χ1) is 9.19. The molecule has 0 radical (unpaired) electrons. The minimum atomic E-state index is 0.298. The molecule has 104 valence electrons. The highest BCUT2D eigenvalue weighted by Crippen LogP contribution is 2.30. The zero-order chi connectivity index (χ0) is 13.4. The second kappa shape index (κ2) is 5.21. The van der Waals surface area contributed by atoms with Crippen molar-refractivity contribution in [3.05, 3.63) is 15.6 Å². The summed E-state index contributed by atoms with van der Waals surface area (Å²) >= 11 is 1.78. The maximum atomic E-state index is 12.1. The van der Waals surface area contributed by atoms with Gasteiger partial charge in [-0.3, -0.25) is 4.79 Å². The number of nitrogens with one attached hydrogen (secondary N) is 1. The third-order valence-corrected chi connectivity index (χ3v) is 5.34. The van der Waals surface area contributed by atoms with Gasteiger partial charge in [0.25, 0.3) is 0 Å². The number of hydrogen-bond donors (Lipinski definition) is 1. The van der Waals surface area contributed by atoms with Gasteiger partial charge in [0.2, 0.25) is 5.91 Å². The number of hydrogen-bond acceptors (Lipinski definition) is 4. The molecular weight excluding hydrogens is 258 g/mol. The number of carbonyl (C=O) groups excluding carboxylic acids is 1. The molecule has 2 atom stereocenters. The zero-order valence-electron chi connectivity index (χ0n) is 11.6. The van der Waals surface area contributed by atoms with Crippen LogP contribution in [-0.2, 0) is 17.8 Å². The van der Waals surface area contributed by atoms with Crippen LogP contribution >= 0.6 is 11.3 Å². The van der Waals surface area contributed by atoms with E-state index in [1.165, 1.54) is 9.88 Å². The average molecular weight is 279 g/mol. The fourth-order valence-corrected chi connectivity index (χ4v) is 4.31. The number of amides is 1. The molecular formula is C14H21N3OS. The topological polar surface area (TPSA) is 45.2 Å². The van der Waals surface area contributed by atoms with Crippen LogP contribution in [0.4, 0.5) is 0 Å². The number of nitrogens with zero attached hydrogens (tertiary/aromatic N) is 2. The van der Waals surface area contributed by atoms with Gasteiger partial charge in [0, 0.05) is 23.4 Å². The average Bonchev–Trinajstić information content (AvgIpc) is 3.00. The lowest BCUT2D eigenvalue weighted by molar-refractivity contribution is -0.129. The van der Waals surface area contributed by atoms with E-state index >= 15 is 0 Å². The largest absolute Gasteiger partial charge is 0.333 e. The van der Waals surface area contributed by atoms with Gasteiger partial charge >= 0.3 is 0 Å². The van der Waals surface area contributed by atoms with E-state index in [2.05, 4.69) is 29.0 Å². The summed E-state index contributed by atoms with van der Waals surface area (Å²) in [5.74, 6) is 0.298. The molecule has 1 N–H and O–H groups in total. The number of fused-ring (bicyclic) bond motifs is 1. The molecule has 2 fully saturated rings. The second-order valence-corrected chi connectivity index (χ2v) is 6.68. The molecule has 3 rings (SSSR count). The van der Waals surface area contributed by atoms with Crippen molar-refractivity contribution in [2.24, 2.45) is 0 Å². The van der Waals surface area contributed by atoms with E-state index in [0.717, 1.165) is 38.0 Å². The Balaban J connectivity index is 1.75. The SMILES string of the molecule is CCCc1nc(C)c(CN2C(=O)C[C@H]3NCC[C@H]32)s1. The van der Waals surface area contributed by atoms with Gasteiger partial charge in [0.1, 0.15) is 0 Å². The van der Waals surface area contributed by atoms with E-state index in [9.17, 15) is 4.79 Å². The molecule has 0 unspecified atom stereocenters. The van der Waals surface area contributed by atoms with Crippen molar-refractivity contribution in [2.75, 3.05) is 6.54 Å². The number of rotatable bonds is 4. The van der Waals surface area contributed by atoms with E-state index in [1.807, 2.05) is 0 Å². The lowest BCUT2D eigenvalue weighted by Crippen LogP contribution is -2.35. The molecule has 2 aliphatic rings. The molecule has 0 saturated carbocycles. The van der Waals surface area contributed by atoms with Crippen molar-refractivity contribution < 1.29 is 4.79 Å². The fraction of sp³-hybridized carbons (Fsp3) is 0.714. The molecule has 0 aliphatic carbocycles. The summed E-state index contributed by atoms with van der Waals surface area (Å²) < 4.78 is 0. The van der Waals surface area contributed by atoms with Crippen molar-refractivity contribution >= 4 is 17.2 Å². The third-order valence-electron chi connectivity index (χ3n) is 4.14. The number of carbonyl (C=O) groups is 1. The van der Waals surface area contributed by atoms with E-state index in [-0.39, 0.29) is 0 Å². The normalized spacial score (nSPS) is 26.2. The van der Waals surface area contributed by atoms with Gasteiger partial charge in [-0.15, -0.1) is 11.3 Å². The Hall–Kier alpha value is -0.940. The molecule has 1 amide bonds. The second-order valence-electron chi connectivity index (χ2n) is 5.51. The van der Waals surface area contributed by atoms with Crippen LogP contribution in [0.2, 0.25) is 0 Å². The van der Waals surface area contributed by atoms with Crippen molar-refractivity contribution in [1.82, 2.24) is 15.2 Å². The standard InChI is InChI=1S/C14H21N3OS/c1-3-4-13-16-9(2)12(19-13)8-17-11-5-6-15-10(11)7-14(17)18/h10-11,15H,3-8H2,1-2H3/t10-,11-/m1/s1. The van der Waals surface area contributed by atoms with E-state index in [1.54, 1.807) is 11.3 Å². The third kappa shape index (κ3) is 2.41. The summed E-state index contributed by atoms with van der Waals surface area (Å²) in [7, 11) is 0. The molecule has 1 aromatic rings. The first kappa shape index (κ1) is 13.1. The Kier molecular flexibility index (Phi) is 3.58. The predicted octanol–water partition coefficient (Wildman–Crippen LogP) is 1.87. The summed E-state index contributed by atoms with van der Waals surface area (Å²) in [5.41, 5.74) is 1.11. The highest BCUT2D eigenvalue weighted by atomic mass is 32.1. The van der Waals surface area contributed by atoms with Gasteiger partial charge in [-0.25, -0.2) is 4.98 Å². The van der Waals surface area contributed by atoms with Crippen LogP contribution in [0.5, 0.6) is 0 Å². The lowest BCUT2D eigenvalue weighted by Gasteiger charge is -2.22. The van der Waals surface area contributed by atoms with E-state index in [0.29, 0.717) is 24.4 Å². The quantitative estimate of drug-likeness (QED) is 0.915. The molecule has 0 bridgehead atoms. The van der Waals surface area contributed by atoms with E-state index < -0.39 is 0 Å². The highest BCUT2D eigenvalue weighted by Gasteiger charge is 2.42. The number of aryl methyl sites for hydroxylation is 2. The molecule has 4 nitrogen and oxygen atoms in total. The number of thiazole rings is 1. The molecule has 1 aromatic heterocycles. The summed E-state index contributed by atoms with van der Waals surface area (Å²) in [6.45, 7) is 6.04. The van der Waals surface area contributed by atoms with Crippen LogP contribution in [0.25, 0.3) is 0 Å². The molecule has 2 saturated heterocycles.